The number of urea groups is 1. The number of carbonyl (C=O) groups is 2. The number of carbonyl (C=O) groups excluding carboxylic acids is 1. The first kappa shape index (κ1) is 30.3. The van der Waals surface area contributed by atoms with Gasteiger partial charge in [0, 0.05) is 19.0 Å². The monoisotopic (exact) mass is 581 g/mol. The number of aromatic nitrogens is 3. The van der Waals surface area contributed by atoms with Crippen LogP contribution >= 0.6 is 0 Å². The molecule has 0 saturated heterocycles. The zero-order chi connectivity index (χ0) is 30.2. The summed E-state index contributed by atoms with van der Waals surface area (Å²) in [6.07, 6.45) is 10.5. The zero-order valence-corrected chi connectivity index (χ0v) is 25.4. The minimum Gasteiger partial charge on any atom is -0.478 e. The molecule has 8 heteroatoms. The Balaban J connectivity index is 1.46. The molecular formula is C35H43N5O3. The van der Waals surface area contributed by atoms with Crippen LogP contribution in [0, 0.1) is 0 Å². The molecule has 0 radical (unpaired) electrons. The van der Waals surface area contributed by atoms with Crippen LogP contribution in [-0.4, -0.2) is 44.2 Å². The first-order valence-corrected chi connectivity index (χ1v) is 15.8. The maximum atomic E-state index is 13.5. The van der Waals surface area contributed by atoms with Gasteiger partial charge in [0.1, 0.15) is 17.2 Å². The molecule has 0 spiro atoms. The van der Waals surface area contributed by atoms with Crippen molar-refractivity contribution in [2.75, 3.05) is 11.4 Å². The molecule has 0 unspecified atom stereocenters. The van der Waals surface area contributed by atoms with Crippen LogP contribution in [0.3, 0.4) is 0 Å². The summed E-state index contributed by atoms with van der Waals surface area (Å²) in [7, 11) is 0. The van der Waals surface area contributed by atoms with Crippen LogP contribution in [0.2, 0.25) is 0 Å². The highest BCUT2D eigenvalue weighted by molar-refractivity contribution is 5.96. The van der Waals surface area contributed by atoms with E-state index in [4.69, 9.17) is 9.97 Å². The summed E-state index contributed by atoms with van der Waals surface area (Å²) in [6.45, 7) is 5.50. The minimum absolute atomic E-state index is 0.0679. The van der Waals surface area contributed by atoms with E-state index >= 15 is 0 Å². The SMILES string of the molecule is CCCCc1nc2ccc(N(CCCC)C(=O)NC3CCCCC3)nc2n1Cc1ccc(-c2ccccc2C(=O)O)cc1. The second-order valence-corrected chi connectivity index (χ2v) is 11.6. The molecule has 4 aromatic rings. The molecule has 2 aromatic heterocycles. The van der Waals surface area contributed by atoms with Gasteiger partial charge in [0.05, 0.1) is 12.1 Å². The molecule has 1 fully saturated rings. The van der Waals surface area contributed by atoms with Crippen LogP contribution in [-0.2, 0) is 13.0 Å². The smallest absolute Gasteiger partial charge is 0.336 e. The zero-order valence-electron chi connectivity index (χ0n) is 25.4. The quantitative estimate of drug-likeness (QED) is 0.178. The standard InChI is InChI=1S/C35H43N5O3/c1-3-5-16-31-37-30-21-22-32(39(23-6-4-2)35(43)36-27-12-8-7-9-13-27)38-33(30)40(31)24-25-17-19-26(20-18-25)28-14-10-11-15-29(28)34(41)42/h10-11,14-15,17-22,27H,3-9,12-13,16,23-24H2,1-2H3,(H,36,43)(H,41,42). The van der Waals surface area contributed by atoms with Crippen molar-refractivity contribution in [3.8, 4) is 11.1 Å². The highest BCUT2D eigenvalue weighted by atomic mass is 16.4. The molecule has 8 nitrogen and oxygen atoms in total. The van der Waals surface area contributed by atoms with Gasteiger partial charge in [0.15, 0.2) is 5.65 Å². The lowest BCUT2D eigenvalue weighted by atomic mass is 9.96. The molecule has 1 saturated carbocycles. The van der Waals surface area contributed by atoms with Crippen molar-refractivity contribution < 1.29 is 14.7 Å². The van der Waals surface area contributed by atoms with E-state index in [2.05, 4.69) is 23.7 Å². The number of aryl methyl sites for hydroxylation is 1. The highest BCUT2D eigenvalue weighted by Crippen LogP contribution is 2.27. The Hall–Kier alpha value is -4.20. The molecule has 1 aliphatic carbocycles. The number of carboxylic acids is 1. The largest absolute Gasteiger partial charge is 0.478 e. The van der Waals surface area contributed by atoms with Crippen LogP contribution in [0.1, 0.15) is 93.4 Å². The Labute approximate surface area is 254 Å². The Morgan fingerprint density at radius 1 is 0.930 bits per heavy atom. The van der Waals surface area contributed by atoms with Gasteiger partial charge in [-0.25, -0.2) is 19.6 Å². The lowest BCUT2D eigenvalue weighted by molar-refractivity contribution is 0.0697. The third-order valence-corrected chi connectivity index (χ3v) is 8.36. The number of anilines is 1. The van der Waals surface area contributed by atoms with Crippen molar-refractivity contribution >= 4 is 29.0 Å². The van der Waals surface area contributed by atoms with E-state index in [0.717, 1.165) is 85.9 Å². The molecule has 2 amide bonds. The van der Waals surface area contributed by atoms with E-state index in [-0.39, 0.29) is 17.6 Å². The maximum absolute atomic E-state index is 13.5. The van der Waals surface area contributed by atoms with E-state index in [1.54, 1.807) is 17.0 Å². The van der Waals surface area contributed by atoms with E-state index in [0.29, 0.717) is 24.5 Å². The highest BCUT2D eigenvalue weighted by Gasteiger charge is 2.23. The van der Waals surface area contributed by atoms with E-state index in [9.17, 15) is 14.7 Å². The predicted molar refractivity (Wildman–Crippen MR) is 172 cm³/mol. The summed E-state index contributed by atoms with van der Waals surface area (Å²) in [5, 5.41) is 12.9. The molecule has 2 heterocycles. The summed E-state index contributed by atoms with van der Waals surface area (Å²) in [5.41, 5.74) is 4.51. The number of benzene rings is 2. The maximum Gasteiger partial charge on any atom is 0.336 e. The number of hydrogen-bond donors (Lipinski definition) is 2. The molecule has 1 aliphatic rings. The number of aromatic carboxylic acids is 1. The summed E-state index contributed by atoms with van der Waals surface area (Å²) in [4.78, 5) is 37.1. The van der Waals surface area contributed by atoms with Gasteiger partial charge in [-0.1, -0.05) is 88.4 Å². The van der Waals surface area contributed by atoms with Crippen molar-refractivity contribution in [1.29, 1.82) is 0 Å². The van der Waals surface area contributed by atoms with Crippen LogP contribution in [0.5, 0.6) is 0 Å². The number of rotatable bonds is 12. The van der Waals surface area contributed by atoms with Gasteiger partial charge in [-0.2, -0.15) is 0 Å². The van der Waals surface area contributed by atoms with E-state index in [1.165, 1.54) is 6.42 Å². The normalized spacial score (nSPS) is 13.7. The summed E-state index contributed by atoms with van der Waals surface area (Å²) < 4.78 is 2.17. The first-order chi connectivity index (χ1) is 21.0. The average molecular weight is 582 g/mol. The molecular weight excluding hydrogens is 538 g/mol. The summed E-state index contributed by atoms with van der Waals surface area (Å²) in [5.74, 6) is 0.694. The lowest BCUT2D eigenvalue weighted by Gasteiger charge is -2.28. The molecule has 226 valence electrons. The fourth-order valence-corrected chi connectivity index (χ4v) is 5.91. The van der Waals surface area contributed by atoms with Crippen LogP contribution in [0.25, 0.3) is 22.3 Å². The van der Waals surface area contributed by atoms with Crippen LogP contribution in [0.15, 0.2) is 60.7 Å². The fraction of sp³-hybridized carbons (Fsp3) is 0.429. The number of amides is 2. The number of pyridine rings is 1. The van der Waals surface area contributed by atoms with Gasteiger partial charge >= 0.3 is 12.0 Å². The van der Waals surface area contributed by atoms with Crippen LogP contribution < -0.4 is 10.2 Å². The van der Waals surface area contributed by atoms with Gasteiger partial charge in [-0.15, -0.1) is 0 Å². The molecule has 0 aliphatic heterocycles. The fourth-order valence-electron chi connectivity index (χ4n) is 5.91. The molecule has 2 N–H and O–H groups in total. The summed E-state index contributed by atoms with van der Waals surface area (Å²) >= 11 is 0. The molecule has 0 atom stereocenters. The Morgan fingerprint density at radius 3 is 2.40 bits per heavy atom. The second-order valence-electron chi connectivity index (χ2n) is 11.6. The third kappa shape index (κ3) is 7.24. The Morgan fingerprint density at radius 2 is 1.67 bits per heavy atom. The third-order valence-electron chi connectivity index (χ3n) is 8.36. The molecule has 0 bridgehead atoms. The van der Waals surface area contributed by atoms with Gasteiger partial charge in [0.2, 0.25) is 0 Å². The summed E-state index contributed by atoms with van der Waals surface area (Å²) in [6, 6.07) is 19.2. The topological polar surface area (TPSA) is 100 Å². The van der Waals surface area contributed by atoms with Crippen molar-refractivity contribution in [3.63, 3.8) is 0 Å². The van der Waals surface area contributed by atoms with E-state index < -0.39 is 5.97 Å². The number of nitrogens with one attached hydrogen (secondary N) is 1. The predicted octanol–water partition coefficient (Wildman–Crippen LogP) is 7.84. The average Bonchev–Trinajstić information content (AvgIpc) is 3.37. The number of carboxylic acid groups (broad SMARTS) is 1. The van der Waals surface area contributed by atoms with Crippen molar-refractivity contribution in [2.24, 2.45) is 0 Å². The van der Waals surface area contributed by atoms with E-state index in [1.807, 2.05) is 48.5 Å². The van der Waals surface area contributed by atoms with Gasteiger partial charge in [-0.05, 0) is 60.6 Å². The number of nitrogens with zero attached hydrogens (tertiary/aromatic N) is 4. The molecule has 5 rings (SSSR count). The van der Waals surface area contributed by atoms with Crippen molar-refractivity contribution in [2.45, 2.75) is 90.6 Å². The van der Waals surface area contributed by atoms with Gasteiger partial charge in [0.25, 0.3) is 0 Å². The lowest BCUT2D eigenvalue weighted by Crippen LogP contribution is -2.46. The molecule has 2 aromatic carbocycles. The minimum atomic E-state index is -0.938. The van der Waals surface area contributed by atoms with Crippen molar-refractivity contribution in [1.82, 2.24) is 19.9 Å². The van der Waals surface area contributed by atoms with Gasteiger partial charge < -0.3 is 15.0 Å². The number of unbranched alkanes of at least 4 members (excludes halogenated alkanes) is 2. The number of fused-ring (bicyclic) bond motifs is 1. The number of imidazole rings is 1. The number of hydrogen-bond acceptors (Lipinski definition) is 4. The Bertz CT molecular complexity index is 1540. The van der Waals surface area contributed by atoms with Crippen LogP contribution in [0.4, 0.5) is 10.6 Å². The van der Waals surface area contributed by atoms with Gasteiger partial charge in [-0.3, -0.25) is 4.90 Å². The van der Waals surface area contributed by atoms with Crippen molar-refractivity contribution in [3.05, 3.63) is 77.6 Å². The molecule has 43 heavy (non-hydrogen) atoms. The second kappa shape index (κ2) is 14.3. The Kier molecular flexibility index (Phi) is 10.1. The first-order valence-electron chi connectivity index (χ1n) is 15.8.